The summed E-state index contributed by atoms with van der Waals surface area (Å²) in [4.78, 5) is 3.88. The van der Waals surface area contributed by atoms with Crippen LogP contribution in [0.4, 0.5) is 13.2 Å². The number of alkyl halides is 3. The largest absolute Gasteiger partial charge is 0.573 e. The van der Waals surface area contributed by atoms with Crippen molar-refractivity contribution < 1.29 is 17.9 Å². The number of nitrogens with zero attached hydrogens (tertiary/aromatic N) is 3. The van der Waals surface area contributed by atoms with Crippen molar-refractivity contribution in [3.8, 4) is 5.75 Å². The SMILES string of the molecule is C[Si](C)(Cn1cncn1)c1ccc(OC(F)(F)F)cc1. The Morgan fingerprint density at radius 3 is 2.35 bits per heavy atom. The highest BCUT2D eigenvalue weighted by Crippen LogP contribution is 2.22. The molecule has 0 saturated heterocycles. The predicted octanol–water partition coefficient (Wildman–Crippen LogP) is 2.33. The zero-order chi connectivity index (χ0) is 14.8. The highest BCUT2D eigenvalue weighted by molar-refractivity contribution is 6.88. The molecule has 0 saturated carbocycles. The molecular formula is C12H14F3N3OSi. The van der Waals surface area contributed by atoms with Crippen molar-refractivity contribution in [1.29, 1.82) is 0 Å². The van der Waals surface area contributed by atoms with Gasteiger partial charge < -0.3 is 4.74 Å². The highest BCUT2D eigenvalue weighted by atomic mass is 28.3. The van der Waals surface area contributed by atoms with Crippen LogP contribution in [0.3, 0.4) is 0 Å². The lowest BCUT2D eigenvalue weighted by Crippen LogP contribution is -2.46. The highest BCUT2D eigenvalue weighted by Gasteiger charge is 2.31. The molecule has 0 unspecified atom stereocenters. The summed E-state index contributed by atoms with van der Waals surface area (Å²) in [7, 11) is -1.84. The summed E-state index contributed by atoms with van der Waals surface area (Å²) in [6, 6.07) is 6.06. The lowest BCUT2D eigenvalue weighted by Gasteiger charge is -2.22. The first kappa shape index (κ1) is 14.6. The number of aromatic nitrogens is 3. The molecule has 1 aromatic heterocycles. The van der Waals surface area contributed by atoms with Gasteiger partial charge in [-0.3, -0.25) is 4.68 Å². The maximum atomic E-state index is 12.1. The van der Waals surface area contributed by atoms with Crippen molar-refractivity contribution in [2.45, 2.75) is 25.6 Å². The van der Waals surface area contributed by atoms with Crippen LogP contribution in [0.1, 0.15) is 0 Å². The molecule has 0 bridgehead atoms. The van der Waals surface area contributed by atoms with Crippen molar-refractivity contribution >= 4 is 13.3 Å². The summed E-state index contributed by atoms with van der Waals surface area (Å²) in [6.45, 7) is 4.24. The topological polar surface area (TPSA) is 39.9 Å². The first-order valence-electron chi connectivity index (χ1n) is 5.95. The minimum absolute atomic E-state index is 0.202. The Morgan fingerprint density at radius 1 is 1.20 bits per heavy atom. The average Bonchev–Trinajstić information content (AvgIpc) is 2.79. The first-order valence-corrected chi connectivity index (χ1v) is 9.16. The van der Waals surface area contributed by atoms with Crippen LogP contribution in [-0.4, -0.2) is 29.2 Å². The predicted molar refractivity (Wildman–Crippen MR) is 70.3 cm³/mol. The third-order valence-corrected chi connectivity index (χ3v) is 5.90. The Hall–Kier alpha value is -1.83. The van der Waals surface area contributed by atoms with Crippen molar-refractivity contribution in [1.82, 2.24) is 14.8 Å². The molecule has 0 aliphatic carbocycles. The Bertz CT molecular complexity index is 552. The van der Waals surface area contributed by atoms with E-state index in [1.807, 2.05) is 0 Å². The number of halogens is 3. The number of hydrogen-bond donors (Lipinski definition) is 0. The zero-order valence-electron chi connectivity index (χ0n) is 11.1. The van der Waals surface area contributed by atoms with E-state index in [2.05, 4.69) is 27.9 Å². The van der Waals surface area contributed by atoms with E-state index in [0.717, 1.165) is 5.19 Å². The van der Waals surface area contributed by atoms with Crippen LogP contribution in [0.25, 0.3) is 0 Å². The standard InChI is InChI=1S/C12H14F3N3OSi/c1-20(2,9-18-8-16-7-17-18)11-5-3-10(4-6-11)19-12(13,14)15/h3-8H,9H2,1-2H3. The minimum atomic E-state index is -4.66. The molecule has 0 atom stereocenters. The van der Waals surface area contributed by atoms with E-state index in [1.54, 1.807) is 23.1 Å². The number of ether oxygens (including phenoxy) is 1. The van der Waals surface area contributed by atoms with Gasteiger partial charge in [0.05, 0.1) is 0 Å². The minimum Gasteiger partial charge on any atom is -0.406 e. The second-order valence-corrected chi connectivity index (χ2v) is 9.71. The van der Waals surface area contributed by atoms with Crippen LogP contribution in [-0.2, 0) is 6.17 Å². The molecule has 20 heavy (non-hydrogen) atoms. The Morgan fingerprint density at radius 2 is 1.85 bits per heavy atom. The summed E-state index contributed by atoms with van der Waals surface area (Å²) in [5.74, 6) is -0.202. The van der Waals surface area contributed by atoms with E-state index >= 15 is 0 Å². The summed E-state index contributed by atoms with van der Waals surface area (Å²) < 4.78 is 41.9. The van der Waals surface area contributed by atoms with E-state index < -0.39 is 14.4 Å². The molecule has 0 amide bonds. The van der Waals surface area contributed by atoms with Gasteiger partial charge in [-0.1, -0.05) is 30.4 Å². The Kier molecular flexibility index (Phi) is 3.84. The molecular weight excluding hydrogens is 287 g/mol. The van der Waals surface area contributed by atoms with Crippen LogP contribution < -0.4 is 9.92 Å². The van der Waals surface area contributed by atoms with Crippen LogP contribution in [0.2, 0.25) is 13.1 Å². The lowest BCUT2D eigenvalue weighted by molar-refractivity contribution is -0.274. The van der Waals surface area contributed by atoms with Crippen LogP contribution in [0, 0.1) is 0 Å². The molecule has 0 radical (unpaired) electrons. The van der Waals surface area contributed by atoms with Gasteiger partial charge in [-0.05, 0) is 12.1 Å². The summed E-state index contributed by atoms with van der Waals surface area (Å²) in [6.07, 6.45) is -0.845. The molecule has 0 spiro atoms. The molecule has 8 heteroatoms. The zero-order valence-corrected chi connectivity index (χ0v) is 12.1. The summed E-state index contributed by atoms with van der Waals surface area (Å²) in [5, 5.41) is 5.09. The van der Waals surface area contributed by atoms with Crippen LogP contribution >= 0.6 is 0 Å². The quantitative estimate of drug-likeness (QED) is 0.814. The fraction of sp³-hybridized carbons (Fsp3) is 0.333. The Labute approximate surface area is 115 Å². The van der Waals surface area contributed by atoms with E-state index in [0.29, 0.717) is 6.17 Å². The molecule has 1 aromatic carbocycles. The molecule has 0 aliphatic heterocycles. The third kappa shape index (κ3) is 3.83. The fourth-order valence-corrected chi connectivity index (χ4v) is 4.14. The van der Waals surface area contributed by atoms with Gasteiger partial charge in [-0.15, -0.1) is 13.2 Å². The fourth-order valence-electron chi connectivity index (χ4n) is 1.92. The van der Waals surface area contributed by atoms with Gasteiger partial charge in [0.1, 0.15) is 26.5 Å². The van der Waals surface area contributed by atoms with E-state index in [-0.39, 0.29) is 5.75 Å². The normalized spacial score (nSPS) is 12.4. The summed E-state index contributed by atoms with van der Waals surface area (Å²) >= 11 is 0. The Balaban J connectivity index is 2.12. The second-order valence-electron chi connectivity index (χ2n) is 5.05. The van der Waals surface area contributed by atoms with Crippen molar-refractivity contribution in [3.63, 3.8) is 0 Å². The monoisotopic (exact) mass is 301 g/mol. The summed E-state index contributed by atoms with van der Waals surface area (Å²) in [5.41, 5.74) is 0. The smallest absolute Gasteiger partial charge is 0.406 e. The van der Waals surface area contributed by atoms with Gasteiger partial charge in [0.2, 0.25) is 0 Å². The molecule has 2 rings (SSSR count). The van der Waals surface area contributed by atoms with Gasteiger partial charge in [0.25, 0.3) is 0 Å². The molecule has 0 N–H and O–H groups in total. The molecule has 1 heterocycles. The van der Waals surface area contributed by atoms with Gasteiger partial charge >= 0.3 is 6.36 Å². The first-order chi connectivity index (χ1) is 9.26. The van der Waals surface area contributed by atoms with Gasteiger partial charge in [0.15, 0.2) is 0 Å². The van der Waals surface area contributed by atoms with Gasteiger partial charge in [-0.25, -0.2) is 4.98 Å². The molecule has 2 aromatic rings. The molecule has 4 nitrogen and oxygen atoms in total. The molecule has 108 valence electrons. The van der Waals surface area contributed by atoms with E-state index in [4.69, 9.17) is 0 Å². The van der Waals surface area contributed by atoms with E-state index in [9.17, 15) is 13.2 Å². The van der Waals surface area contributed by atoms with Crippen LogP contribution in [0.15, 0.2) is 36.9 Å². The van der Waals surface area contributed by atoms with Gasteiger partial charge in [-0.2, -0.15) is 5.10 Å². The lowest BCUT2D eigenvalue weighted by atomic mass is 10.3. The number of benzene rings is 1. The van der Waals surface area contributed by atoms with Crippen LogP contribution in [0.5, 0.6) is 5.75 Å². The number of rotatable bonds is 4. The molecule has 0 aliphatic rings. The maximum absolute atomic E-state index is 12.1. The van der Waals surface area contributed by atoms with Crippen molar-refractivity contribution in [3.05, 3.63) is 36.9 Å². The number of hydrogen-bond acceptors (Lipinski definition) is 3. The van der Waals surface area contributed by atoms with Gasteiger partial charge in [0, 0.05) is 6.17 Å². The van der Waals surface area contributed by atoms with E-state index in [1.165, 1.54) is 18.5 Å². The average molecular weight is 301 g/mol. The maximum Gasteiger partial charge on any atom is 0.573 e. The second kappa shape index (κ2) is 5.27. The molecule has 0 fully saturated rings. The van der Waals surface area contributed by atoms with Crippen molar-refractivity contribution in [2.75, 3.05) is 0 Å². The van der Waals surface area contributed by atoms with Crippen molar-refractivity contribution in [2.24, 2.45) is 0 Å². The third-order valence-electron chi connectivity index (χ3n) is 2.89.